The van der Waals surface area contributed by atoms with E-state index in [-0.39, 0.29) is 0 Å². The highest BCUT2D eigenvalue weighted by Gasteiger charge is 2.16. The fourth-order valence-corrected chi connectivity index (χ4v) is 2.02. The van der Waals surface area contributed by atoms with Crippen LogP contribution in [0.25, 0.3) is 0 Å². The molecule has 1 saturated carbocycles. The standard InChI is InChI=1S/C13H20N2/c1-11-13(6-3-8-15-11)10-14-9-7-12-4-2-5-12/h3,6,8,12,14H,2,4-5,7,9-10H2,1H3. The van der Waals surface area contributed by atoms with Crippen molar-refractivity contribution in [3.05, 3.63) is 29.6 Å². The molecule has 1 fully saturated rings. The molecule has 0 aromatic carbocycles. The number of aryl methyl sites for hydroxylation is 1. The number of aromatic nitrogens is 1. The van der Waals surface area contributed by atoms with Crippen LogP contribution in [0.2, 0.25) is 0 Å². The second-order valence-corrected chi connectivity index (χ2v) is 4.51. The van der Waals surface area contributed by atoms with Crippen LogP contribution in [0.4, 0.5) is 0 Å². The maximum atomic E-state index is 4.28. The van der Waals surface area contributed by atoms with Crippen molar-refractivity contribution in [2.75, 3.05) is 6.54 Å². The highest BCUT2D eigenvalue weighted by Crippen LogP contribution is 2.28. The van der Waals surface area contributed by atoms with Crippen LogP contribution in [0, 0.1) is 12.8 Å². The van der Waals surface area contributed by atoms with Crippen LogP contribution in [0.15, 0.2) is 18.3 Å². The molecule has 2 rings (SSSR count). The first kappa shape index (κ1) is 10.6. The second-order valence-electron chi connectivity index (χ2n) is 4.51. The van der Waals surface area contributed by atoms with Crippen molar-refractivity contribution in [2.45, 2.75) is 39.2 Å². The van der Waals surface area contributed by atoms with E-state index in [2.05, 4.69) is 23.3 Å². The Labute approximate surface area is 92.1 Å². The Bertz CT molecular complexity index is 305. The maximum absolute atomic E-state index is 4.28. The molecule has 0 bridgehead atoms. The summed E-state index contributed by atoms with van der Waals surface area (Å²) in [5.74, 6) is 1.01. The van der Waals surface area contributed by atoms with E-state index in [1.807, 2.05) is 12.3 Å². The summed E-state index contributed by atoms with van der Waals surface area (Å²) < 4.78 is 0. The fraction of sp³-hybridized carbons (Fsp3) is 0.615. The zero-order valence-electron chi connectivity index (χ0n) is 9.50. The smallest absolute Gasteiger partial charge is 0.0417 e. The molecule has 82 valence electrons. The number of pyridine rings is 1. The van der Waals surface area contributed by atoms with Crippen molar-refractivity contribution in [1.82, 2.24) is 10.3 Å². The third-order valence-corrected chi connectivity index (χ3v) is 3.39. The fourth-order valence-electron chi connectivity index (χ4n) is 2.02. The highest BCUT2D eigenvalue weighted by atomic mass is 14.9. The van der Waals surface area contributed by atoms with Crippen molar-refractivity contribution >= 4 is 0 Å². The van der Waals surface area contributed by atoms with Gasteiger partial charge in [0, 0.05) is 18.4 Å². The Hall–Kier alpha value is -0.890. The van der Waals surface area contributed by atoms with Crippen LogP contribution in [-0.2, 0) is 6.54 Å². The predicted octanol–water partition coefficient (Wildman–Crippen LogP) is 2.67. The van der Waals surface area contributed by atoms with Crippen molar-refractivity contribution in [2.24, 2.45) is 5.92 Å². The van der Waals surface area contributed by atoms with Gasteiger partial charge in [0.15, 0.2) is 0 Å². The summed E-state index contributed by atoms with van der Waals surface area (Å²) in [5, 5.41) is 3.50. The first-order valence-corrected chi connectivity index (χ1v) is 5.97. The molecule has 1 aliphatic rings. The molecule has 1 aliphatic carbocycles. The molecule has 0 amide bonds. The molecule has 0 spiro atoms. The first-order chi connectivity index (χ1) is 7.36. The molecule has 2 heteroatoms. The molecular weight excluding hydrogens is 184 g/mol. The van der Waals surface area contributed by atoms with E-state index in [9.17, 15) is 0 Å². The lowest BCUT2D eigenvalue weighted by molar-refractivity contribution is 0.292. The average Bonchev–Trinajstić information content (AvgIpc) is 2.17. The van der Waals surface area contributed by atoms with E-state index in [0.717, 1.165) is 24.7 Å². The minimum Gasteiger partial charge on any atom is -0.313 e. The maximum Gasteiger partial charge on any atom is 0.0417 e. The SMILES string of the molecule is Cc1ncccc1CNCCC1CCC1. The van der Waals surface area contributed by atoms with Gasteiger partial charge in [-0.2, -0.15) is 0 Å². The summed E-state index contributed by atoms with van der Waals surface area (Å²) in [6.07, 6.45) is 7.56. The Morgan fingerprint density at radius 3 is 3.00 bits per heavy atom. The van der Waals surface area contributed by atoms with E-state index >= 15 is 0 Å². The third kappa shape index (κ3) is 3.03. The molecular formula is C13H20N2. The Morgan fingerprint density at radius 1 is 1.47 bits per heavy atom. The van der Waals surface area contributed by atoms with Gasteiger partial charge in [0.1, 0.15) is 0 Å². The van der Waals surface area contributed by atoms with Gasteiger partial charge in [0.25, 0.3) is 0 Å². The molecule has 1 aromatic heterocycles. The van der Waals surface area contributed by atoms with Gasteiger partial charge in [-0.3, -0.25) is 4.98 Å². The predicted molar refractivity (Wildman–Crippen MR) is 62.6 cm³/mol. The average molecular weight is 204 g/mol. The van der Waals surface area contributed by atoms with Crippen molar-refractivity contribution in [3.8, 4) is 0 Å². The molecule has 0 radical (unpaired) electrons. The summed E-state index contributed by atoms with van der Waals surface area (Å²) in [5.41, 5.74) is 2.47. The number of hydrogen-bond donors (Lipinski definition) is 1. The molecule has 1 aromatic rings. The third-order valence-electron chi connectivity index (χ3n) is 3.39. The van der Waals surface area contributed by atoms with E-state index in [1.165, 1.54) is 31.2 Å². The van der Waals surface area contributed by atoms with E-state index in [1.54, 1.807) is 0 Å². The van der Waals surface area contributed by atoms with Crippen LogP contribution in [-0.4, -0.2) is 11.5 Å². The highest BCUT2D eigenvalue weighted by molar-refractivity contribution is 5.17. The van der Waals surface area contributed by atoms with Crippen LogP contribution < -0.4 is 5.32 Å². The number of nitrogens with zero attached hydrogens (tertiary/aromatic N) is 1. The van der Waals surface area contributed by atoms with Gasteiger partial charge in [-0.15, -0.1) is 0 Å². The summed E-state index contributed by atoms with van der Waals surface area (Å²) in [6.45, 7) is 4.19. The lowest BCUT2D eigenvalue weighted by atomic mass is 9.83. The second kappa shape index (κ2) is 5.26. The molecule has 1 heterocycles. The van der Waals surface area contributed by atoms with E-state index in [0.29, 0.717) is 0 Å². The molecule has 0 atom stereocenters. The Kier molecular flexibility index (Phi) is 3.73. The van der Waals surface area contributed by atoms with Gasteiger partial charge in [0.05, 0.1) is 0 Å². The quantitative estimate of drug-likeness (QED) is 0.746. The van der Waals surface area contributed by atoms with Crippen molar-refractivity contribution in [1.29, 1.82) is 0 Å². The van der Waals surface area contributed by atoms with Crippen molar-refractivity contribution in [3.63, 3.8) is 0 Å². The topological polar surface area (TPSA) is 24.9 Å². The molecule has 15 heavy (non-hydrogen) atoms. The molecule has 2 nitrogen and oxygen atoms in total. The van der Waals surface area contributed by atoms with Gasteiger partial charge >= 0.3 is 0 Å². The normalized spacial score (nSPS) is 16.3. The molecule has 0 unspecified atom stereocenters. The monoisotopic (exact) mass is 204 g/mol. The van der Waals surface area contributed by atoms with Gasteiger partial charge in [0.2, 0.25) is 0 Å². The summed E-state index contributed by atoms with van der Waals surface area (Å²) in [7, 11) is 0. The molecule has 1 N–H and O–H groups in total. The van der Waals surface area contributed by atoms with Gasteiger partial charge in [-0.25, -0.2) is 0 Å². The Morgan fingerprint density at radius 2 is 2.33 bits per heavy atom. The van der Waals surface area contributed by atoms with Crippen molar-refractivity contribution < 1.29 is 0 Å². The van der Waals surface area contributed by atoms with E-state index < -0.39 is 0 Å². The summed E-state index contributed by atoms with van der Waals surface area (Å²) >= 11 is 0. The van der Waals surface area contributed by atoms with Gasteiger partial charge < -0.3 is 5.32 Å². The lowest BCUT2D eigenvalue weighted by Gasteiger charge is -2.25. The Balaban J connectivity index is 1.66. The van der Waals surface area contributed by atoms with Gasteiger partial charge in [-0.05, 0) is 37.4 Å². The zero-order valence-corrected chi connectivity index (χ0v) is 9.50. The van der Waals surface area contributed by atoms with Gasteiger partial charge in [-0.1, -0.05) is 25.3 Å². The molecule has 0 aliphatic heterocycles. The van der Waals surface area contributed by atoms with Crippen LogP contribution >= 0.6 is 0 Å². The first-order valence-electron chi connectivity index (χ1n) is 5.97. The number of hydrogen-bond acceptors (Lipinski definition) is 2. The van der Waals surface area contributed by atoms with Crippen LogP contribution in [0.1, 0.15) is 36.9 Å². The molecule has 0 saturated heterocycles. The zero-order chi connectivity index (χ0) is 10.5. The van der Waals surface area contributed by atoms with E-state index in [4.69, 9.17) is 0 Å². The van der Waals surface area contributed by atoms with Crippen LogP contribution in [0.5, 0.6) is 0 Å². The largest absolute Gasteiger partial charge is 0.313 e. The van der Waals surface area contributed by atoms with Crippen LogP contribution in [0.3, 0.4) is 0 Å². The number of rotatable bonds is 5. The number of nitrogens with one attached hydrogen (secondary N) is 1. The summed E-state index contributed by atoms with van der Waals surface area (Å²) in [6, 6.07) is 4.16. The minimum absolute atomic E-state index is 0.965. The lowest BCUT2D eigenvalue weighted by Crippen LogP contribution is -2.21. The minimum atomic E-state index is 0.965. The summed E-state index contributed by atoms with van der Waals surface area (Å²) in [4.78, 5) is 4.28.